The van der Waals surface area contributed by atoms with E-state index in [0.717, 1.165) is 18.0 Å². The van der Waals surface area contributed by atoms with Gasteiger partial charge in [-0.05, 0) is 44.1 Å². The van der Waals surface area contributed by atoms with Gasteiger partial charge in [0.15, 0.2) is 0 Å². The molecule has 1 rings (SSSR count). The third-order valence-electron chi connectivity index (χ3n) is 3.76. The lowest BCUT2D eigenvalue weighted by atomic mass is 9.86. The highest BCUT2D eigenvalue weighted by Crippen LogP contribution is 2.32. The minimum atomic E-state index is 0.476. The monoisotopic (exact) mass is 211 g/mol. The molecule has 0 aromatic rings. The van der Waals surface area contributed by atoms with Gasteiger partial charge in [-0.25, -0.2) is 0 Å². The molecular weight excluding hydrogens is 182 g/mol. The summed E-state index contributed by atoms with van der Waals surface area (Å²) in [7, 11) is 0. The van der Waals surface area contributed by atoms with E-state index in [9.17, 15) is 0 Å². The highest BCUT2D eigenvalue weighted by molar-refractivity contribution is 4.86. The third kappa shape index (κ3) is 3.79. The van der Waals surface area contributed by atoms with Crippen molar-refractivity contribution >= 4 is 0 Å². The number of hydrogen-bond acceptors (Lipinski definition) is 1. The standard InChI is InChI=1S/C14H29N/c1-11(2)12(3)15-9-7-8-13(15)10-14(4,5)6/h11-13H,7-10H2,1-6H3/t12?,13-/m0/s1. The molecule has 0 aromatic carbocycles. The van der Waals surface area contributed by atoms with Crippen LogP contribution in [-0.2, 0) is 0 Å². The largest absolute Gasteiger partial charge is 0.297 e. The molecule has 0 aromatic heterocycles. The molecule has 0 radical (unpaired) electrons. The Kier molecular flexibility index (Phi) is 4.22. The van der Waals surface area contributed by atoms with E-state index < -0.39 is 0 Å². The summed E-state index contributed by atoms with van der Waals surface area (Å²) in [5.74, 6) is 0.783. The second kappa shape index (κ2) is 4.86. The first-order chi connectivity index (χ1) is 6.81. The Morgan fingerprint density at radius 3 is 2.27 bits per heavy atom. The van der Waals surface area contributed by atoms with Crippen LogP contribution in [0.3, 0.4) is 0 Å². The molecule has 1 heteroatoms. The first-order valence-electron chi connectivity index (χ1n) is 6.57. The molecule has 1 nitrogen and oxygen atoms in total. The van der Waals surface area contributed by atoms with Crippen molar-refractivity contribution in [3.8, 4) is 0 Å². The predicted octanol–water partition coefficient (Wildman–Crippen LogP) is 3.93. The predicted molar refractivity (Wildman–Crippen MR) is 68.1 cm³/mol. The summed E-state index contributed by atoms with van der Waals surface area (Å²) >= 11 is 0. The number of likely N-dealkylation sites (tertiary alicyclic amines) is 1. The van der Waals surface area contributed by atoms with Crippen LogP contribution in [0, 0.1) is 11.3 Å². The number of hydrogen-bond donors (Lipinski definition) is 0. The van der Waals surface area contributed by atoms with Gasteiger partial charge in [0.1, 0.15) is 0 Å². The maximum atomic E-state index is 2.75. The van der Waals surface area contributed by atoms with Crippen LogP contribution in [0.25, 0.3) is 0 Å². The molecule has 1 saturated heterocycles. The molecule has 0 aliphatic carbocycles. The Bertz CT molecular complexity index is 190. The van der Waals surface area contributed by atoms with Crippen molar-refractivity contribution in [1.82, 2.24) is 4.90 Å². The second-order valence-corrected chi connectivity index (χ2v) is 6.78. The van der Waals surface area contributed by atoms with Gasteiger partial charge < -0.3 is 0 Å². The van der Waals surface area contributed by atoms with Crippen molar-refractivity contribution in [1.29, 1.82) is 0 Å². The van der Waals surface area contributed by atoms with Crippen LogP contribution in [0.15, 0.2) is 0 Å². The van der Waals surface area contributed by atoms with Crippen molar-refractivity contribution < 1.29 is 0 Å². The van der Waals surface area contributed by atoms with E-state index in [1.807, 2.05) is 0 Å². The van der Waals surface area contributed by atoms with Gasteiger partial charge in [-0.15, -0.1) is 0 Å². The average Bonchev–Trinajstić information content (AvgIpc) is 2.47. The zero-order valence-electron chi connectivity index (χ0n) is 11.5. The quantitative estimate of drug-likeness (QED) is 0.683. The minimum Gasteiger partial charge on any atom is -0.297 e. The fourth-order valence-electron chi connectivity index (χ4n) is 2.70. The summed E-state index contributed by atoms with van der Waals surface area (Å²) in [6, 6.07) is 1.59. The molecule has 2 atom stereocenters. The van der Waals surface area contributed by atoms with E-state index in [1.165, 1.54) is 25.8 Å². The van der Waals surface area contributed by atoms with E-state index >= 15 is 0 Å². The summed E-state index contributed by atoms with van der Waals surface area (Å²) < 4.78 is 0. The highest BCUT2D eigenvalue weighted by atomic mass is 15.2. The van der Waals surface area contributed by atoms with Gasteiger partial charge in [0.2, 0.25) is 0 Å². The van der Waals surface area contributed by atoms with Gasteiger partial charge in [-0.2, -0.15) is 0 Å². The molecule has 0 amide bonds. The molecule has 1 aliphatic heterocycles. The molecule has 0 bridgehead atoms. The van der Waals surface area contributed by atoms with Crippen LogP contribution >= 0.6 is 0 Å². The fourth-order valence-corrected chi connectivity index (χ4v) is 2.70. The fraction of sp³-hybridized carbons (Fsp3) is 1.00. The van der Waals surface area contributed by atoms with Gasteiger partial charge in [0.05, 0.1) is 0 Å². The Balaban J connectivity index is 2.57. The zero-order valence-corrected chi connectivity index (χ0v) is 11.5. The molecule has 1 unspecified atom stereocenters. The van der Waals surface area contributed by atoms with Crippen LogP contribution in [0.1, 0.15) is 60.8 Å². The van der Waals surface area contributed by atoms with Crippen LogP contribution in [0.5, 0.6) is 0 Å². The molecule has 0 N–H and O–H groups in total. The molecule has 1 heterocycles. The molecule has 0 saturated carbocycles. The van der Waals surface area contributed by atoms with Crippen molar-refractivity contribution in [3.63, 3.8) is 0 Å². The molecular formula is C14H29N. The van der Waals surface area contributed by atoms with Crippen LogP contribution in [0.4, 0.5) is 0 Å². The molecule has 1 aliphatic rings. The summed E-state index contributed by atoms with van der Waals surface area (Å²) in [6.45, 7) is 15.5. The van der Waals surface area contributed by atoms with Gasteiger partial charge in [0, 0.05) is 12.1 Å². The Labute approximate surface area is 96.2 Å². The van der Waals surface area contributed by atoms with Crippen LogP contribution < -0.4 is 0 Å². The highest BCUT2D eigenvalue weighted by Gasteiger charge is 2.32. The van der Waals surface area contributed by atoms with Gasteiger partial charge in [-0.1, -0.05) is 34.6 Å². The van der Waals surface area contributed by atoms with Crippen LogP contribution in [-0.4, -0.2) is 23.5 Å². The number of nitrogens with zero attached hydrogens (tertiary/aromatic N) is 1. The van der Waals surface area contributed by atoms with Gasteiger partial charge in [0.25, 0.3) is 0 Å². The van der Waals surface area contributed by atoms with Gasteiger partial charge in [-0.3, -0.25) is 4.90 Å². The average molecular weight is 211 g/mol. The Morgan fingerprint density at radius 1 is 1.20 bits per heavy atom. The Morgan fingerprint density at radius 2 is 1.80 bits per heavy atom. The maximum absolute atomic E-state index is 2.75. The summed E-state index contributed by atoms with van der Waals surface area (Å²) in [5.41, 5.74) is 0.476. The first-order valence-corrected chi connectivity index (χ1v) is 6.57. The Hall–Kier alpha value is -0.0400. The molecule has 90 valence electrons. The molecule has 15 heavy (non-hydrogen) atoms. The smallest absolute Gasteiger partial charge is 0.0104 e. The van der Waals surface area contributed by atoms with Gasteiger partial charge >= 0.3 is 0 Å². The topological polar surface area (TPSA) is 3.24 Å². The van der Waals surface area contributed by atoms with E-state index in [-0.39, 0.29) is 0 Å². The van der Waals surface area contributed by atoms with E-state index in [0.29, 0.717) is 5.41 Å². The lowest BCUT2D eigenvalue weighted by Gasteiger charge is -2.36. The third-order valence-corrected chi connectivity index (χ3v) is 3.76. The van der Waals surface area contributed by atoms with E-state index in [2.05, 4.69) is 46.4 Å². The van der Waals surface area contributed by atoms with E-state index in [4.69, 9.17) is 0 Å². The minimum absolute atomic E-state index is 0.476. The zero-order chi connectivity index (χ0) is 11.6. The van der Waals surface area contributed by atoms with Crippen molar-refractivity contribution in [2.24, 2.45) is 11.3 Å². The SMILES string of the molecule is CC(C)C(C)N1CCC[C@H]1CC(C)(C)C. The molecule has 0 spiro atoms. The lowest BCUT2D eigenvalue weighted by molar-refractivity contribution is 0.122. The first kappa shape index (κ1) is 13.0. The van der Waals surface area contributed by atoms with Crippen molar-refractivity contribution in [3.05, 3.63) is 0 Å². The summed E-state index contributed by atoms with van der Waals surface area (Å²) in [4.78, 5) is 2.75. The lowest BCUT2D eigenvalue weighted by Crippen LogP contribution is -2.41. The van der Waals surface area contributed by atoms with Crippen LogP contribution in [0.2, 0.25) is 0 Å². The summed E-state index contributed by atoms with van der Waals surface area (Å²) in [5, 5.41) is 0. The van der Waals surface area contributed by atoms with Crippen molar-refractivity contribution in [2.75, 3.05) is 6.54 Å². The molecule has 1 fully saturated rings. The maximum Gasteiger partial charge on any atom is 0.0104 e. The second-order valence-electron chi connectivity index (χ2n) is 6.78. The van der Waals surface area contributed by atoms with Crippen molar-refractivity contribution in [2.45, 2.75) is 72.9 Å². The summed E-state index contributed by atoms with van der Waals surface area (Å²) in [6.07, 6.45) is 4.16. The normalized spacial score (nSPS) is 26.2. The van der Waals surface area contributed by atoms with E-state index in [1.54, 1.807) is 0 Å². The number of rotatable bonds is 3.